The molecule has 0 radical (unpaired) electrons. The first-order valence-electron chi connectivity index (χ1n) is 7.29. The summed E-state index contributed by atoms with van der Waals surface area (Å²) in [5, 5.41) is 0. The first kappa shape index (κ1) is 13.5. The van der Waals surface area contributed by atoms with Crippen LogP contribution in [0.5, 0.6) is 0 Å². The number of hydrogen-bond donors (Lipinski definition) is 1. The Balaban J connectivity index is 1.62. The molecule has 1 aromatic heterocycles. The number of anilines is 1. The molecule has 0 fully saturated rings. The third-order valence-electron chi connectivity index (χ3n) is 3.92. The molecule has 1 N–H and O–H groups in total. The molecular weight excluding hydrogens is 290 g/mol. The van der Waals surface area contributed by atoms with Gasteiger partial charge in [-0.15, -0.1) is 0 Å². The number of nitrogens with one attached hydrogen (secondary N) is 1. The fourth-order valence-corrected chi connectivity index (χ4v) is 2.77. The Labute approximate surface area is 132 Å². The van der Waals surface area contributed by atoms with Crippen molar-refractivity contribution in [2.24, 2.45) is 0 Å². The Bertz CT molecular complexity index is 848. The van der Waals surface area contributed by atoms with E-state index in [0.717, 1.165) is 11.4 Å². The van der Waals surface area contributed by atoms with E-state index >= 15 is 0 Å². The van der Waals surface area contributed by atoms with Gasteiger partial charge in [0.15, 0.2) is 0 Å². The maximum absolute atomic E-state index is 12.4. The summed E-state index contributed by atoms with van der Waals surface area (Å²) >= 11 is 0. The van der Waals surface area contributed by atoms with E-state index in [1.807, 2.05) is 12.1 Å². The summed E-state index contributed by atoms with van der Waals surface area (Å²) in [6, 6.07) is 14.3. The summed E-state index contributed by atoms with van der Waals surface area (Å²) in [4.78, 5) is 33.3. The van der Waals surface area contributed by atoms with E-state index in [-0.39, 0.29) is 11.8 Å². The predicted octanol–water partition coefficient (Wildman–Crippen LogP) is 2.80. The fourth-order valence-electron chi connectivity index (χ4n) is 2.77. The normalized spacial score (nSPS) is 13.5. The van der Waals surface area contributed by atoms with Gasteiger partial charge in [-0.2, -0.15) is 0 Å². The van der Waals surface area contributed by atoms with Crippen LogP contribution in [0, 0.1) is 0 Å². The van der Waals surface area contributed by atoms with E-state index in [1.54, 1.807) is 48.8 Å². The first-order chi connectivity index (χ1) is 11.2. The maximum Gasteiger partial charge on any atom is 0.266 e. The van der Waals surface area contributed by atoms with Crippen molar-refractivity contribution in [1.29, 1.82) is 0 Å². The molecule has 0 spiro atoms. The lowest BCUT2D eigenvalue weighted by atomic mass is 10.1. The van der Waals surface area contributed by atoms with Gasteiger partial charge >= 0.3 is 0 Å². The second kappa shape index (κ2) is 5.21. The van der Waals surface area contributed by atoms with Crippen molar-refractivity contribution in [3.63, 3.8) is 0 Å². The van der Waals surface area contributed by atoms with E-state index in [1.165, 1.54) is 4.90 Å². The van der Waals surface area contributed by atoms with Crippen LogP contribution in [0.15, 0.2) is 60.9 Å². The molecular formula is C18H13N3O2. The van der Waals surface area contributed by atoms with Gasteiger partial charge in [-0.3, -0.25) is 9.59 Å². The van der Waals surface area contributed by atoms with Gasteiger partial charge in [0.1, 0.15) is 5.82 Å². The van der Waals surface area contributed by atoms with Crippen molar-refractivity contribution in [3.8, 4) is 0 Å². The zero-order chi connectivity index (χ0) is 15.8. The van der Waals surface area contributed by atoms with E-state index in [4.69, 9.17) is 0 Å². The molecule has 0 bridgehead atoms. The van der Waals surface area contributed by atoms with Gasteiger partial charge in [0, 0.05) is 18.8 Å². The quantitative estimate of drug-likeness (QED) is 0.757. The fraction of sp³-hybridized carbons (Fsp3) is 0.0556. The number of imide groups is 1. The van der Waals surface area contributed by atoms with Crippen LogP contribution in [-0.2, 0) is 6.42 Å². The molecule has 2 aromatic carbocycles. The van der Waals surface area contributed by atoms with Crippen molar-refractivity contribution in [2.45, 2.75) is 6.42 Å². The van der Waals surface area contributed by atoms with E-state index in [9.17, 15) is 9.59 Å². The summed E-state index contributed by atoms with van der Waals surface area (Å²) in [7, 11) is 0. The number of nitrogens with zero attached hydrogens (tertiary/aromatic N) is 2. The molecule has 2 amide bonds. The van der Waals surface area contributed by atoms with Crippen molar-refractivity contribution in [2.75, 3.05) is 4.90 Å². The number of aromatic nitrogens is 2. The number of fused-ring (bicyclic) bond motifs is 1. The van der Waals surface area contributed by atoms with Gasteiger partial charge in [-0.1, -0.05) is 24.3 Å². The predicted molar refractivity (Wildman–Crippen MR) is 85.4 cm³/mol. The van der Waals surface area contributed by atoms with Gasteiger partial charge in [0.2, 0.25) is 0 Å². The van der Waals surface area contributed by atoms with Crippen molar-refractivity contribution < 1.29 is 9.59 Å². The maximum atomic E-state index is 12.4. The molecule has 4 rings (SSSR count). The number of amides is 2. The van der Waals surface area contributed by atoms with Crippen LogP contribution in [0.3, 0.4) is 0 Å². The highest BCUT2D eigenvalue weighted by Gasteiger charge is 2.36. The van der Waals surface area contributed by atoms with Crippen molar-refractivity contribution >= 4 is 17.5 Å². The van der Waals surface area contributed by atoms with Gasteiger partial charge in [0.05, 0.1) is 16.8 Å². The van der Waals surface area contributed by atoms with E-state index in [0.29, 0.717) is 23.2 Å². The Kier molecular flexibility index (Phi) is 3.05. The number of imidazole rings is 1. The standard InChI is InChI=1S/C18H13N3O2/c22-17-14-3-1-2-4-15(14)18(23)21(17)13-7-5-12(6-8-13)11-16-19-9-10-20-16/h1-10H,11H2,(H,19,20). The highest BCUT2D eigenvalue weighted by Crippen LogP contribution is 2.28. The highest BCUT2D eigenvalue weighted by atomic mass is 16.2. The summed E-state index contributed by atoms with van der Waals surface area (Å²) in [5.74, 6) is 0.326. The SMILES string of the molecule is O=C1c2ccccc2C(=O)N1c1ccc(Cc2ncc[nH]2)cc1. The Morgan fingerprint density at radius 2 is 1.57 bits per heavy atom. The number of rotatable bonds is 3. The van der Waals surface area contributed by atoms with Crippen LogP contribution in [0.4, 0.5) is 5.69 Å². The summed E-state index contributed by atoms with van der Waals surface area (Å²) in [6.45, 7) is 0. The van der Waals surface area contributed by atoms with Gasteiger partial charge < -0.3 is 4.98 Å². The van der Waals surface area contributed by atoms with Gasteiger partial charge in [0.25, 0.3) is 11.8 Å². The molecule has 5 heteroatoms. The Morgan fingerprint density at radius 3 is 2.13 bits per heavy atom. The lowest BCUT2D eigenvalue weighted by Crippen LogP contribution is -2.29. The smallest absolute Gasteiger partial charge is 0.266 e. The monoisotopic (exact) mass is 303 g/mol. The van der Waals surface area contributed by atoms with Gasteiger partial charge in [-0.05, 0) is 29.8 Å². The Hall–Kier alpha value is -3.21. The third-order valence-corrected chi connectivity index (χ3v) is 3.92. The van der Waals surface area contributed by atoms with Crippen LogP contribution in [0.1, 0.15) is 32.1 Å². The first-order valence-corrected chi connectivity index (χ1v) is 7.29. The highest BCUT2D eigenvalue weighted by molar-refractivity contribution is 6.34. The largest absolute Gasteiger partial charge is 0.348 e. The molecule has 5 nitrogen and oxygen atoms in total. The summed E-state index contributed by atoms with van der Waals surface area (Å²) < 4.78 is 0. The Morgan fingerprint density at radius 1 is 0.913 bits per heavy atom. The van der Waals surface area contributed by atoms with Crippen molar-refractivity contribution in [3.05, 3.63) is 83.4 Å². The molecule has 1 aliphatic heterocycles. The van der Waals surface area contributed by atoms with E-state index in [2.05, 4.69) is 9.97 Å². The van der Waals surface area contributed by atoms with Gasteiger partial charge in [-0.25, -0.2) is 9.88 Å². The number of aromatic amines is 1. The van der Waals surface area contributed by atoms with Crippen LogP contribution >= 0.6 is 0 Å². The molecule has 0 atom stereocenters. The zero-order valence-corrected chi connectivity index (χ0v) is 12.2. The molecule has 2 heterocycles. The second-order valence-electron chi connectivity index (χ2n) is 5.37. The topological polar surface area (TPSA) is 66.1 Å². The molecule has 3 aromatic rings. The summed E-state index contributed by atoms with van der Waals surface area (Å²) in [5.41, 5.74) is 2.55. The average Bonchev–Trinajstić information content (AvgIpc) is 3.17. The molecule has 112 valence electrons. The molecule has 0 saturated heterocycles. The lowest BCUT2D eigenvalue weighted by Gasteiger charge is -2.14. The second-order valence-corrected chi connectivity index (χ2v) is 5.37. The molecule has 0 unspecified atom stereocenters. The minimum Gasteiger partial charge on any atom is -0.348 e. The van der Waals surface area contributed by atoms with Crippen LogP contribution in [0.2, 0.25) is 0 Å². The minimum atomic E-state index is -0.274. The lowest BCUT2D eigenvalue weighted by molar-refractivity contribution is 0.0926. The number of carbonyl (C=O) groups excluding carboxylic acids is 2. The van der Waals surface area contributed by atoms with Crippen LogP contribution < -0.4 is 4.90 Å². The zero-order valence-electron chi connectivity index (χ0n) is 12.2. The number of carbonyl (C=O) groups is 2. The molecule has 0 saturated carbocycles. The number of benzene rings is 2. The van der Waals surface area contributed by atoms with Crippen LogP contribution in [0.25, 0.3) is 0 Å². The average molecular weight is 303 g/mol. The number of hydrogen-bond acceptors (Lipinski definition) is 3. The molecule has 1 aliphatic rings. The van der Waals surface area contributed by atoms with Crippen LogP contribution in [-0.4, -0.2) is 21.8 Å². The summed E-state index contributed by atoms with van der Waals surface area (Å²) in [6.07, 6.45) is 4.17. The van der Waals surface area contributed by atoms with E-state index < -0.39 is 0 Å². The molecule has 23 heavy (non-hydrogen) atoms. The minimum absolute atomic E-state index is 0.274. The van der Waals surface area contributed by atoms with Crippen molar-refractivity contribution in [1.82, 2.24) is 9.97 Å². The molecule has 0 aliphatic carbocycles. The third kappa shape index (κ3) is 2.23. The number of H-pyrrole nitrogens is 1.